The second kappa shape index (κ2) is 5.64. The molecule has 2 rings (SSSR count). The summed E-state index contributed by atoms with van der Waals surface area (Å²) in [6, 6.07) is 8.41. The van der Waals surface area contributed by atoms with Gasteiger partial charge in [0.1, 0.15) is 5.82 Å². The first-order chi connectivity index (χ1) is 8.36. The van der Waals surface area contributed by atoms with Gasteiger partial charge < -0.3 is 10.6 Å². The number of benzene rings is 1. The van der Waals surface area contributed by atoms with Crippen LogP contribution in [0.1, 0.15) is 18.9 Å². The fraction of sp³-hybridized carbons (Fsp3) is 0.357. The summed E-state index contributed by atoms with van der Waals surface area (Å²) in [5.41, 5.74) is 1.24. The van der Waals surface area contributed by atoms with Crippen LogP contribution >= 0.6 is 0 Å². The lowest BCUT2D eigenvalue weighted by Crippen LogP contribution is -2.08. The molecule has 0 amide bonds. The van der Waals surface area contributed by atoms with Crippen LogP contribution in [0.5, 0.6) is 0 Å². The predicted molar refractivity (Wildman–Crippen MR) is 73.3 cm³/mol. The van der Waals surface area contributed by atoms with Crippen molar-refractivity contribution in [3.8, 4) is 0 Å². The van der Waals surface area contributed by atoms with Crippen molar-refractivity contribution in [2.45, 2.75) is 19.9 Å². The number of aromatic nitrogens is 1. The molecule has 0 fully saturated rings. The summed E-state index contributed by atoms with van der Waals surface area (Å²) in [6.07, 6.45) is 3.06. The van der Waals surface area contributed by atoms with Crippen LogP contribution in [0.15, 0.2) is 30.5 Å². The van der Waals surface area contributed by atoms with Gasteiger partial charge in [0.2, 0.25) is 0 Å². The third kappa shape index (κ3) is 2.56. The van der Waals surface area contributed by atoms with Crippen molar-refractivity contribution in [3.05, 3.63) is 36.0 Å². The second-order valence-electron chi connectivity index (χ2n) is 4.13. The lowest BCUT2D eigenvalue weighted by Gasteiger charge is -2.11. The quantitative estimate of drug-likeness (QED) is 0.827. The fourth-order valence-corrected chi connectivity index (χ4v) is 1.97. The van der Waals surface area contributed by atoms with Crippen molar-refractivity contribution in [1.29, 1.82) is 0 Å². The zero-order valence-electron chi connectivity index (χ0n) is 10.5. The van der Waals surface area contributed by atoms with Gasteiger partial charge in [-0.3, -0.25) is 0 Å². The SMILES string of the molecule is CCCNc1ncc(CNC)c2ccccc12. The zero-order valence-corrected chi connectivity index (χ0v) is 10.5. The Bertz CT molecular complexity index is 494. The van der Waals surface area contributed by atoms with Gasteiger partial charge >= 0.3 is 0 Å². The molecule has 0 spiro atoms. The molecule has 0 radical (unpaired) electrons. The standard InChI is InChI=1S/C14H19N3/c1-3-8-16-14-13-7-5-4-6-12(13)11(9-15-2)10-17-14/h4-7,10,15H,3,8-9H2,1-2H3,(H,16,17). The number of anilines is 1. The monoisotopic (exact) mass is 229 g/mol. The number of fused-ring (bicyclic) bond motifs is 1. The molecule has 17 heavy (non-hydrogen) atoms. The molecule has 0 bridgehead atoms. The molecule has 1 aromatic heterocycles. The molecule has 1 aromatic carbocycles. The Labute approximate surface area is 102 Å². The van der Waals surface area contributed by atoms with E-state index in [4.69, 9.17) is 0 Å². The summed E-state index contributed by atoms with van der Waals surface area (Å²) < 4.78 is 0. The first kappa shape index (κ1) is 11.9. The molecular weight excluding hydrogens is 210 g/mol. The Morgan fingerprint density at radius 1 is 1.18 bits per heavy atom. The van der Waals surface area contributed by atoms with Gasteiger partial charge in [-0.25, -0.2) is 4.98 Å². The third-order valence-corrected chi connectivity index (χ3v) is 2.79. The molecule has 2 N–H and O–H groups in total. The van der Waals surface area contributed by atoms with Gasteiger partial charge in [-0.05, 0) is 24.4 Å². The van der Waals surface area contributed by atoms with Crippen LogP contribution in [0, 0.1) is 0 Å². The van der Waals surface area contributed by atoms with Crippen LogP contribution < -0.4 is 10.6 Å². The Morgan fingerprint density at radius 3 is 2.65 bits per heavy atom. The van der Waals surface area contributed by atoms with Crippen LogP contribution in [0.2, 0.25) is 0 Å². The fourth-order valence-electron chi connectivity index (χ4n) is 1.97. The molecule has 3 nitrogen and oxygen atoms in total. The van der Waals surface area contributed by atoms with Crippen molar-refractivity contribution >= 4 is 16.6 Å². The molecule has 0 aliphatic rings. The Morgan fingerprint density at radius 2 is 1.94 bits per heavy atom. The van der Waals surface area contributed by atoms with Crippen molar-refractivity contribution < 1.29 is 0 Å². The molecule has 0 saturated heterocycles. The molecule has 0 atom stereocenters. The lowest BCUT2D eigenvalue weighted by molar-refractivity contribution is 0.819. The van der Waals surface area contributed by atoms with E-state index in [2.05, 4.69) is 46.8 Å². The van der Waals surface area contributed by atoms with E-state index in [1.165, 1.54) is 16.3 Å². The molecule has 90 valence electrons. The molecular formula is C14H19N3. The average Bonchev–Trinajstić information content (AvgIpc) is 2.38. The van der Waals surface area contributed by atoms with Gasteiger partial charge in [0.15, 0.2) is 0 Å². The van der Waals surface area contributed by atoms with E-state index in [9.17, 15) is 0 Å². The first-order valence-corrected chi connectivity index (χ1v) is 6.12. The molecule has 0 unspecified atom stereocenters. The van der Waals surface area contributed by atoms with Gasteiger partial charge in [0.05, 0.1) is 0 Å². The number of nitrogens with zero attached hydrogens (tertiary/aromatic N) is 1. The summed E-state index contributed by atoms with van der Waals surface area (Å²) in [7, 11) is 1.96. The molecule has 3 heteroatoms. The summed E-state index contributed by atoms with van der Waals surface area (Å²) in [5, 5.41) is 9.03. The van der Waals surface area contributed by atoms with Gasteiger partial charge in [-0.2, -0.15) is 0 Å². The van der Waals surface area contributed by atoms with E-state index in [1.807, 2.05) is 13.2 Å². The number of pyridine rings is 1. The minimum absolute atomic E-state index is 0.849. The predicted octanol–water partition coefficient (Wildman–Crippen LogP) is 2.78. The van der Waals surface area contributed by atoms with Crippen LogP contribution in [-0.2, 0) is 6.54 Å². The lowest BCUT2D eigenvalue weighted by atomic mass is 10.1. The number of nitrogens with one attached hydrogen (secondary N) is 2. The van der Waals surface area contributed by atoms with Gasteiger partial charge in [-0.15, -0.1) is 0 Å². The summed E-state index contributed by atoms with van der Waals surface area (Å²) in [5.74, 6) is 0.988. The van der Waals surface area contributed by atoms with E-state index in [0.717, 1.165) is 25.3 Å². The normalized spacial score (nSPS) is 10.7. The van der Waals surface area contributed by atoms with E-state index in [1.54, 1.807) is 0 Å². The van der Waals surface area contributed by atoms with Crippen molar-refractivity contribution in [2.24, 2.45) is 0 Å². The molecule has 0 aliphatic carbocycles. The van der Waals surface area contributed by atoms with E-state index in [0.29, 0.717) is 0 Å². The van der Waals surface area contributed by atoms with Crippen LogP contribution in [0.3, 0.4) is 0 Å². The van der Waals surface area contributed by atoms with Gasteiger partial charge in [-0.1, -0.05) is 31.2 Å². The van der Waals surface area contributed by atoms with E-state index in [-0.39, 0.29) is 0 Å². The van der Waals surface area contributed by atoms with E-state index < -0.39 is 0 Å². The minimum atomic E-state index is 0.849. The number of rotatable bonds is 5. The van der Waals surface area contributed by atoms with Gasteiger partial charge in [0, 0.05) is 24.7 Å². The van der Waals surface area contributed by atoms with Crippen molar-refractivity contribution in [1.82, 2.24) is 10.3 Å². The summed E-state index contributed by atoms with van der Waals surface area (Å²) in [6.45, 7) is 3.97. The highest BCUT2D eigenvalue weighted by atomic mass is 15.0. The van der Waals surface area contributed by atoms with Crippen LogP contribution in [0.25, 0.3) is 10.8 Å². The maximum absolute atomic E-state index is 4.51. The maximum atomic E-state index is 4.51. The largest absolute Gasteiger partial charge is 0.370 e. The number of hydrogen-bond acceptors (Lipinski definition) is 3. The van der Waals surface area contributed by atoms with Crippen molar-refractivity contribution in [3.63, 3.8) is 0 Å². The third-order valence-electron chi connectivity index (χ3n) is 2.79. The number of hydrogen-bond donors (Lipinski definition) is 2. The molecule has 2 aromatic rings. The summed E-state index contributed by atoms with van der Waals surface area (Å²) >= 11 is 0. The average molecular weight is 229 g/mol. The highest BCUT2D eigenvalue weighted by molar-refractivity contribution is 5.93. The van der Waals surface area contributed by atoms with Crippen LogP contribution in [0.4, 0.5) is 5.82 Å². The Hall–Kier alpha value is -1.61. The highest BCUT2D eigenvalue weighted by Crippen LogP contribution is 2.24. The van der Waals surface area contributed by atoms with Crippen LogP contribution in [-0.4, -0.2) is 18.6 Å². The Balaban J connectivity index is 2.46. The molecule has 0 saturated carbocycles. The zero-order chi connectivity index (χ0) is 12.1. The molecule has 1 heterocycles. The topological polar surface area (TPSA) is 37.0 Å². The van der Waals surface area contributed by atoms with Crippen molar-refractivity contribution in [2.75, 3.05) is 18.9 Å². The van der Waals surface area contributed by atoms with E-state index >= 15 is 0 Å². The van der Waals surface area contributed by atoms with Gasteiger partial charge in [0.25, 0.3) is 0 Å². The second-order valence-corrected chi connectivity index (χ2v) is 4.13. The highest BCUT2D eigenvalue weighted by Gasteiger charge is 2.05. The Kier molecular flexibility index (Phi) is 3.94. The maximum Gasteiger partial charge on any atom is 0.133 e. The smallest absolute Gasteiger partial charge is 0.133 e. The minimum Gasteiger partial charge on any atom is -0.370 e. The first-order valence-electron chi connectivity index (χ1n) is 6.12. The summed E-state index contributed by atoms with van der Waals surface area (Å²) in [4.78, 5) is 4.51. The molecule has 0 aliphatic heterocycles.